The van der Waals surface area contributed by atoms with Crippen LogP contribution in [0.4, 0.5) is 13.2 Å². The maximum Gasteiger partial charge on any atom is 0.404 e. The van der Waals surface area contributed by atoms with Gasteiger partial charge in [0.25, 0.3) is 5.91 Å². The second kappa shape index (κ2) is 13.5. The van der Waals surface area contributed by atoms with Crippen molar-refractivity contribution in [3.05, 3.63) is 30.0 Å². The van der Waals surface area contributed by atoms with Crippen molar-refractivity contribution in [3.8, 4) is 5.75 Å². The molecule has 1 saturated heterocycles. The summed E-state index contributed by atoms with van der Waals surface area (Å²) in [6.07, 6.45) is -4.53. The van der Waals surface area contributed by atoms with Crippen LogP contribution in [0.25, 0.3) is 10.9 Å². The van der Waals surface area contributed by atoms with Crippen molar-refractivity contribution >= 4 is 40.4 Å². The molecule has 3 atom stereocenters. The zero-order valence-corrected chi connectivity index (χ0v) is 24.6. The molecule has 11 nitrogen and oxygen atoms in total. The van der Waals surface area contributed by atoms with Gasteiger partial charge in [-0.1, -0.05) is 19.9 Å². The van der Waals surface area contributed by atoms with Gasteiger partial charge in [-0.25, -0.2) is 0 Å². The van der Waals surface area contributed by atoms with E-state index in [9.17, 15) is 37.1 Å². The van der Waals surface area contributed by atoms with E-state index in [1.165, 1.54) is 7.11 Å². The number of nitrogens with one attached hydrogen (secondary N) is 4. The lowest BCUT2D eigenvalue weighted by atomic mass is 9.93. The summed E-state index contributed by atoms with van der Waals surface area (Å²) >= 11 is 0. The van der Waals surface area contributed by atoms with Crippen LogP contribution in [0.15, 0.2) is 24.3 Å². The number of esters is 1. The highest BCUT2D eigenvalue weighted by atomic mass is 19.4. The molecule has 236 valence electrons. The molecule has 0 bridgehead atoms. The Labute approximate surface area is 246 Å². The van der Waals surface area contributed by atoms with E-state index in [2.05, 4.69) is 20.9 Å². The number of Topliss-reactive ketones (excluding diaryl/α,β-unsaturated/α-hetero) is 1. The fourth-order valence-electron chi connectivity index (χ4n) is 4.60. The van der Waals surface area contributed by atoms with Crippen LogP contribution in [-0.2, 0) is 23.9 Å². The Morgan fingerprint density at radius 2 is 1.79 bits per heavy atom. The number of rotatable bonds is 13. The van der Waals surface area contributed by atoms with Crippen LogP contribution in [0.2, 0.25) is 0 Å². The van der Waals surface area contributed by atoms with Crippen LogP contribution in [0.5, 0.6) is 5.75 Å². The summed E-state index contributed by atoms with van der Waals surface area (Å²) in [6.45, 7) is 4.22. The highest BCUT2D eigenvalue weighted by molar-refractivity contribution is 6.02. The van der Waals surface area contributed by atoms with E-state index in [0.29, 0.717) is 43.5 Å². The third-order valence-electron chi connectivity index (χ3n) is 7.37. The van der Waals surface area contributed by atoms with Crippen LogP contribution in [0.3, 0.4) is 0 Å². The van der Waals surface area contributed by atoms with Gasteiger partial charge >= 0.3 is 12.1 Å². The fourth-order valence-corrected chi connectivity index (χ4v) is 4.60. The maximum atomic E-state index is 13.5. The molecule has 0 saturated carbocycles. The number of hydrogen-bond donors (Lipinski definition) is 4. The van der Waals surface area contributed by atoms with E-state index in [4.69, 9.17) is 9.47 Å². The Morgan fingerprint density at radius 1 is 1.09 bits per heavy atom. The number of aromatic nitrogens is 1. The Bertz CT molecular complexity index is 1370. The van der Waals surface area contributed by atoms with Crippen molar-refractivity contribution in [1.29, 1.82) is 0 Å². The highest BCUT2D eigenvalue weighted by Gasteiger charge is 2.54. The zero-order chi connectivity index (χ0) is 32.1. The number of carbonyl (C=O) groups excluding carboxylic acids is 5. The van der Waals surface area contributed by atoms with Gasteiger partial charge in [-0.15, -0.1) is 0 Å². The van der Waals surface area contributed by atoms with Gasteiger partial charge in [0.1, 0.15) is 17.5 Å². The number of ether oxygens (including phenoxy) is 2. The van der Waals surface area contributed by atoms with Gasteiger partial charge in [0, 0.05) is 23.4 Å². The lowest BCUT2D eigenvalue weighted by molar-refractivity contribution is -0.224. The lowest BCUT2D eigenvalue weighted by Crippen LogP contribution is -2.53. The number of H-pyrrole nitrogens is 1. The van der Waals surface area contributed by atoms with Crippen molar-refractivity contribution in [1.82, 2.24) is 20.9 Å². The minimum absolute atomic E-state index is 0.0702. The SMILES string of the molecule is COc1cccc2[nH]c(C(=O)N[C@@H](CC(C)C)C(=O)N[C@@H](C[C@@H]3CCNC3=O)C(=O)COC(=O)C(C)(C)C(F)(F)F)cc12. The molecule has 0 spiro atoms. The van der Waals surface area contributed by atoms with Gasteiger partial charge in [-0.2, -0.15) is 13.2 Å². The number of halogens is 3. The normalized spacial score (nSPS) is 16.9. The summed E-state index contributed by atoms with van der Waals surface area (Å²) in [4.78, 5) is 67.1. The topological polar surface area (TPSA) is 156 Å². The van der Waals surface area contributed by atoms with E-state index in [1.807, 2.05) is 13.8 Å². The van der Waals surface area contributed by atoms with Crippen molar-refractivity contribution in [3.63, 3.8) is 0 Å². The molecule has 0 radical (unpaired) electrons. The van der Waals surface area contributed by atoms with Crippen molar-refractivity contribution in [2.45, 2.75) is 65.2 Å². The smallest absolute Gasteiger partial charge is 0.404 e. The van der Waals surface area contributed by atoms with Gasteiger partial charge in [0.2, 0.25) is 11.8 Å². The van der Waals surface area contributed by atoms with Crippen molar-refractivity contribution in [2.24, 2.45) is 17.3 Å². The molecule has 1 aromatic carbocycles. The van der Waals surface area contributed by atoms with E-state index < -0.39 is 59.8 Å². The quantitative estimate of drug-likeness (QED) is 0.254. The first kappa shape index (κ1) is 33.4. The highest BCUT2D eigenvalue weighted by Crippen LogP contribution is 2.38. The summed E-state index contributed by atoms with van der Waals surface area (Å²) in [5, 5.41) is 8.49. The summed E-state index contributed by atoms with van der Waals surface area (Å²) in [5.74, 6) is -4.41. The van der Waals surface area contributed by atoms with E-state index >= 15 is 0 Å². The average molecular weight is 611 g/mol. The Morgan fingerprint density at radius 3 is 2.37 bits per heavy atom. The monoisotopic (exact) mass is 610 g/mol. The number of alkyl halides is 3. The molecule has 1 aromatic heterocycles. The average Bonchev–Trinajstić information content (AvgIpc) is 3.55. The molecule has 3 rings (SSSR count). The summed E-state index contributed by atoms with van der Waals surface area (Å²) in [5.41, 5.74) is -2.06. The molecule has 0 unspecified atom stereocenters. The lowest BCUT2D eigenvalue weighted by Gasteiger charge is -2.27. The Kier molecular flexibility index (Phi) is 10.5. The first-order valence-electron chi connectivity index (χ1n) is 13.9. The van der Waals surface area contributed by atoms with Crippen LogP contribution < -0.4 is 20.7 Å². The first-order chi connectivity index (χ1) is 20.0. The van der Waals surface area contributed by atoms with E-state index in [-0.39, 0.29) is 30.4 Å². The number of carbonyl (C=O) groups is 5. The Balaban J connectivity index is 1.78. The van der Waals surface area contributed by atoms with Crippen LogP contribution in [-0.4, -0.2) is 73.0 Å². The number of methoxy groups -OCH3 is 1. The standard InChI is InChI=1S/C29H37F3N4O7/c1-15(2)11-20(36-26(40)21-13-17-18(34-21)7-6-8-23(17)42-5)25(39)35-19(12-16-9-10-33-24(16)38)22(37)14-43-27(41)28(3,4)29(30,31)32/h6-8,13,15-16,19-20,34H,9-12,14H2,1-5H3,(H,33,38)(H,35,39)(H,36,40)/t16-,19-,20-/m0/s1. The third-order valence-corrected chi connectivity index (χ3v) is 7.37. The minimum Gasteiger partial charge on any atom is -0.496 e. The van der Waals surface area contributed by atoms with Crippen LogP contribution in [0, 0.1) is 17.3 Å². The molecule has 0 aliphatic carbocycles. The summed E-state index contributed by atoms with van der Waals surface area (Å²) < 4.78 is 49.7. The van der Waals surface area contributed by atoms with E-state index in [0.717, 1.165) is 0 Å². The molecule has 1 aliphatic heterocycles. The molecule has 3 amide bonds. The number of ketones is 1. The molecular weight excluding hydrogens is 573 g/mol. The predicted octanol–water partition coefficient (Wildman–Crippen LogP) is 3.03. The van der Waals surface area contributed by atoms with Gasteiger partial charge in [-0.05, 0) is 57.2 Å². The number of fused-ring (bicyclic) bond motifs is 1. The predicted molar refractivity (Wildman–Crippen MR) is 149 cm³/mol. The molecule has 14 heteroatoms. The van der Waals surface area contributed by atoms with Crippen LogP contribution >= 0.6 is 0 Å². The maximum absolute atomic E-state index is 13.5. The zero-order valence-electron chi connectivity index (χ0n) is 24.6. The minimum atomic E-state index is -4.92. The Hall–Kier alpha value is -4.10. The second-order valence-electron chi connectivity index (χ2n) is 11.5. The largest absolute Gasteiger partial charge is 0.496 e. The molecular formula is C29H37F3N4O7. The molecule has 4 N–H and O–H groups in total. The molecule has 2 aromatic rings. The van der Waals surface area contributed by atoms with Crippen molar-refractivity contribution < 1.29 is 46.6 Å². The molecule has 2 heterocycles. The number of benzene rings is 1. The number of amides is 3. The molecule has 1 aliphatic rings. The van der Waals surface area contributed by atoms with Gasteiger partial charge in [0.05, 0.1) is 13.2 Å². The molecule has 43 heavy (non-hydrogen) atoms. The van der Waals surface area contributed by atoms with E-state index in [1.54, 1.807) is 24.3 Å². The first-order valence-corrected chi connectivity index (χ1v) is 13.9. The summed E-state index contributed by atoms with van der Waals surface area (Å²) in [7, 11) is 1.50. The van der Waals surface area contributed by atoms with Crippen molar-refractivity contribution in [2.75, 3.05) is 20.3 Å². The van der Waals surface area contributed by atoms with Gasteiger partial charge in [-0.3, -0.25) is 24.0 Å². The van der Waals surface area contributed by atoms with Crippen LogP contribution in [0.1, 0.15) is 57.4 Å². The number of hydrogen-bond acceptors (Lipinski definition) is 7. The number of aromatic amines is 1. The fraction of sp³-hybridized carbons (Fsp3) is 0.552. The molecule has 1 fully saturated rings. The van der Waals surface area contributed by atoms with Gasteiger partial charge in [0.15, 0.2) is 17.8 Å². The third kappa shape index (κ3) is 8.05. The van der Waals surface area contributed by atoms with Gasteiger partial charge < -0.3 is 30.4 Å². The second-order valence-corrected chi connectivity index (χ2v) is 11.5. The summed E-state index contributed by atoms with van der Waals surface area (Å²) in [6, 6.07) is 4.33.